The number of carbonyl (C=O) groups excluding carboxylic acids is 1. The number of halogens is 1. The van der Waals surface area contributed by atoms with E-state index in [1.165, 1.54) is 4.31 Å². The lowest BCUT2D eigenvalue weighted by Gasteiger charge is -2.21. The van der Waals surface area contributed by atoms with E-state index in [2.05, 4.69) is 28.2 Å². The van der Waals surface area contributed by atoms with Gasteiger partial charge in [0.25, 0.3) is 0 Å². The molecule has 1 aliphatic rings. The molecule has 1 heterocycles. The first-order valence-electron chi connectivity index (χ1n) is 9.76. The SMILES string of the molecule is CCc1ccccc1NC(=O)CN1CCCN(S(=O)(=O)c2ccc(Br)cc2)CC1. The van der Waals surface area contributed by atoms with Gasteiger partial charge in [0.15, 0.2) is 0 Å². The van der Waals surface area contributed by atoms with Crippen molar-refractivity contribution in [1.82, 2.24) is 9.21 Å². The number of hydrogen-bond donors (Lipinski definition) is 1. The lowest BCUT2D eigenvalue weighted by Crippen LogP contribution is -2.38. The summed E-state index contributed by atoms with van der Waals surface area (Å²) in [6, 6.07) is 14.5. The monoisotopic (exact) mass is 479 g/mol. The van der Waals surface area contributed by atoms with E-state index in [-0.39, 0.29) is 12.5 Å². The fraction of sp³-hybridized carbons (Fsp3) is 0.381. The first kappa shape index (κ1) is 22.0. The third kappa shape index (κ3) is 5.66. The summed E-state index contributed by atoms with van der Waals surface area (Å²) < 4.78 is 28.2. The summed E-state index contributed by atoms with van der Waals surface area (Å²) in [5, 5.41) is 2.98. The molecule has 29 heavy (non-hydrogen) atoms. The standard InChI is InChI=1S/C21H26BrN3O3S/c1-2-17-6-3-4-7-20(17)23-21(26)16-24-12-5-13-25(15-14-24)29(27,28)19-10-8-18(22)9-11-19/h3-4,6-11H,2,5,12-16H2,1H3,(H,23,26). The topological polar surface area (TPSA) is 69.7 Å². The number of para-hydroxylation sites is 1. The summed E-state index contributed by atoms with van der Waals surface area (Å²) in [5.41, 5.74) is 1.94. The van der Waals surface area contributed by atoms with Crippen LogP contribution < -0.4 is 5.32 Å². The van der Waals surface area contributed by atoms with Gasteiger partial charge in [-0.3, -0.25) is 9.69 Å². The zero-order valence-corrected chi connectivity index (χ0v) is 18.9. The van der Waals surface area contributed by atoms with E-state index in [1.54, 1.807) is 24.3 Å². The van der Waals surface area contributed by atoms with E-state index < -0.39 is 10.0 Å². The number of sulfonamides is 1. The molecule has 8 heteroatoms. The number of aryl methyl sites for hydroxylation is 1. The van der Waals surface area contributed by atoms with Crippen molar-refractivity contribution in [2.45, 2.75) is 24.7 Å². The van der Waals surface area contributed by atoms with Crippen LogP contribution in [0.25, 0.3) is 0 Å². The molecule has 0 atom stereocenters. The predicted molar refractivity (Wildman–Crippen MR) is 118 cm³/mol. The number of hydrogen-bond acceptors (Lipinski definition) is 4. The molecule has 0 spiro atoms. The molecular weight excluding hydrogens is 454 g/mol. The van der Waals surface area contributed by atoms with Crippen molar-refractivity contribution < 1.29 is 13.2 Å². The van der Waals surface area contributed by atoms with Crippen LogP contribution in [-0.2, 0) is 21.2 Å². The average Bonchev–Trinajstić information content (AvgIpc) is 2.95. The number of carbonyl (C=O) groups is 1. The lowest BCUT2D eigenvalue weighted by atomic mass is 10.1. The van der Waals surface area contributed by atoms with Crippen LogP contribution in [0, 0.1) is 0 Å². The van der Waals surface area contributed by atoms with Gasteiger partial charge in [0, 0.05) is 29.8 Å². The van der Waals surface area contributed by atoms with Gasteiger partial charge >= 0.3 is 0 Å². The molecule has 0 aliphatic carbocycles. The Morgan fingerprint density at radius 1 is 1.03 bits per heavy atom. The second-order valence-corrected chi connectivity index (χ2v) is 9.90. The predicted octanol–water partition coefficient (Wildman–Crippen LogP) is 3.35. The molecule has 1 N–H and O–H groups in total. The Morgan fingerprint density at radius 2 is 1.76 bits per heavy atom. The number of amides is 1. The molecule has 1 aliphatic heterocycles. The first-order chi connectivity index (χ1) is 13.9. The van der Waals surface area contributed by atoms with Crippen molar-refractivity contribution in [2.75, 3.05) is 38.0 Å². The van der Waals surface area contributed by atoms with Crippen LogP contribution in [-0.4, -0.2) is 56.3 Å². The van der Waals surface area contributed by atoms with Crippen LogP contribution in [0.2, 0.25) is 0 Å². The molecule has 156 valence electrons. The van der Waals surface area contributed by atoms with Gasteiger partial charge in [0.05, 0.1) is 11.4 Å². The van der Waals surface area contributed by atoms with E-state index in [4.69, 9.17) is 0 Å². The van der Waals surface area contributed by atoms with E-state index >= 15 is 0 Å². The van der Waals surface area contributed by atoms with Crippen LogP contribution >= 0.6 is 15.9 Å². The quantitative estimate of drug-likeness (QED) is 0.689. The zero-order chi connectivity index (χ0) is 20.9. The van der Waals surface area contributed by atoms with Gasteiger partial charge in [-0.25, -0.2) is 8.42 Å². The van der Waals surface area contributed by atoms with Gasteiger partial charge in [0.1, 0.15) is 0 Å². The molecule has 0 unspecified atom stereocenters. The number of anilines is 1. The van der Waals surface area contributed by atoms with Crippen LogP contribution in [0.4, 0.5) is 5.69 Å². The third-order valence-electron chi connectivity index (χ3n) is 5.04. The summed E-state index contributed by atoms with van der Waals surface area (Å²) in [7, 11) is -3.53. The second-order valence-electron chi connectivity index (χ2n) is 7.05. The summed E-state index contributed by atoms with van der Waals surface area (Å²) in [6.45, 7) is 4.35. The minimum Gasteiger partial charge on any atom is -0.325 e. The van der Waals surface area contributed by atoms with Crippen molar-refractivity contribution in [3.8, 4) is 0 Å². The largest absolute Gasteiger partial charge is 0.325 e. The second kappa shape index (κ2) is 9.84. The number of nitrogens with zero attached hydrogens (tertiary/aromatic N) is 2. The van der Waals surface area contributed by atoms with Crippen molar-refractivity contribution in [3.63, 3.8) is 0 Å². The van der Waals surface area contributed by atoms with Crippen LogP contribution in [0.3, 0.4) is 0 Å². The molecule has 3 rings (SSSR count). The highest BCUT2D eigenvalue weighted by Crippen LogP contribution is 2.20. The van der Waals surface area contributed by atoms with Crippen LogP contribution in [0.1, 0.15) is 18.9 Å². The van der Waals surface area contributed by atoms with Gasteiger partial charge in [-0.05, 0) is 55.3 Å². The van der Waals surface area contributed by atoms with E-state index in [0.717, 1.165) is 22.1 Å². The third-order valence-corrected chi connectivity index (χ3v) is 7.48. The molecule has 1 fully saturated rings. The minimum atomic E-state index is -3.53. The Balaban J connectivity index is 1.59. The lowest BCUT2D eigenvalue weighted by molar-refractivity contribution is -0.117. The molecule has 0 radical (unpaired) electrons. The highest BCUT2D eigenvalue weighted by molar-refractivity contribution is 9.10. The summed E-state index contributed by atoms with van der Waals surface area (Å²) in [4.78, 5) is 14.8. The van der Waals surface area contributed by atoms with Gasteiger partial charge in [-0.2, -0.15) is 4.31 Å². The maximum absolute atomic E-state index is 12.9. The average molecular weight is 480 g/mol. The van der Waals surface area contributed by atoms with Crippen molar-refractivity contribution in [2.24, 2.45) is 0 Å². The van der Waals surface area contributed by atoms with Gasteiger partial charge < -0.3 is 5.32 Å². The van der Waals surface area contributed by atoms with E-state index in [0.29, 0.717) is 37.5 Å². The zero-order valence-electron chi connectivity index (χ0n) is 16.5. The Hall–Kier alpha value is -1.74. The van der Waals surface area contributed by atoms with E-state index in [9.17, 15) is 13.2 Å². The molecule has 2 aromatic rings. The summed E-state index contributed by atoms with van der Waals surface area (Å²) in [6.07, 6.45) is 1.54. The molecule has 0 aromatic heterocycles. The number of nitrogens with one attached hydrogen (secondary N) is 1. The van der Waals surface area contributed by atoms with Crippen LogP contribution in [0.5, 0.6) is 0 Å². The van der Waals surface area contributed by atoms with Gasteiger partial charge in [-0.15, -0.1) is 0 Å². The molecule has 6 nitrogen and oxygen atoms in total. The Kier molecular flexibility index (Phi) is 7.45. The summed E-state index contributed by atoms with van der Waals surface area (Å²) >= 11 is 3.33. The van der Waals surface area contributed by atoms with Gasteiger partial charge in [0.2, 0.25) is 15.9 Å². The van der Waals surface area contributed by atoms with Crippen molar-refractivity contribution in [1.29, 1.82) is 0 Å². The fourth-order valence-electron chi connectivity index (χ4n) is 3.44. The first-order valence-corrected chi connectivity index (χ1v) is 12.0. The molecular formula is C21H26BrN3O3S. The van der Waals surface area contributed by atoms with Crippen molar-refractivity contribution in [3.05, 3.63) is 58.6 Å². The van der Waals surface area contributed by atoms with E-state index in [1.807, 2.05) is 29.2 Å². The normalized spacial score (nSPS) is 16.3. The summed E-state index contributed by atoms with van der Waals surface area (Å²) in [5.74, 6) is -0.0740. The van der Waals surface area contributed by atoms with Crippen LogP contribution in [0.15, 0.2) is 57.9 Å². The number of benzene rings is 2. The Morgan fingerprint density at radius 3 is 2.48 bits per heavy atom. The molecule has 0 saturated carbocycles. The number of rotatable bonds is 6. The highest BCUT2D eigenvalue weighted by Gasteiger charge is 2.27. The molecule has 1 amide bonds. The maximum Gasteiger partial charge on any atom is 0.243 e. The smallest absolute Gasteiger partial charge is 0.243 e. The van der Waals surface area contributed by atoms with Gasteiger partial charge in [-0.1, -0.05) is 41.1 Å². The maximum atomic E-state index is 12.9. The minimum absolute atomic E-state index is 0.0740. The van der Waals surface area contributed by atoms with Crippen molar-refractivity contribution >= 4 is 37.5 Å². The highest BCUT2D eigenvalue weighted by atomic mass is 79.9. The Bertz CT molecular complexity index is 948. The molecule has 0 bridgehead atoms. The fourth-order valence-corrected chi connectivity index (χ4v) is 5.18. The molecule has 1 saturated heterocycles. The molecule has 2 aromatic carbocycles. The Labute approximate surface area is 181 Å².